The Kier molecular flexibility index (Phi) is 2.17. The standard InChI is InChI=1S/C10H15F/c1-5-6(2)10(11)9-7(3)8(9)4/h5-6,8-10H,1,3H2,2,4H3. The lowest BCUT2D eigenvalue weighted by molar-refractivity contribution is 0.239. The van der Waals surface area contributed by atoms with Gasteiger partial charge in [-0.15, -0.1) is 6.58 Å². The lowest BCUT2D eigenvalue weighted by Gasteiger charge is -2.10. The third-order valence-electron chi connectivity index (χ3n) is 2.66. The van der Waals surface area contributed by atoms with Crippen LogP contribution in [0.3, 0.4) is 0 Å². The summed E-state index contributed by atoms with van der Waals surface area (Å²) < 4.78 is 13.4. The Morgan fingerprint density at radius 1 is 1.64 bits per heavy atom. The van der Waals surface area contributed by atoms with Crippen molar-refractivity contribution in [2.45, 2.75) is 20.0 Å². The Hall–Kier alpha value is -0.590. The molecule has 4 atom stereocenters. The second-order valence-electron chi connectivity index (χ2n) is 3.43. The molecule has 0 bridgehead atoms. The minimum absolute atomic E-state index is 0.0401. The van der Waals surface area contributed by atoms with E-state index in [4.69, 9.17) is 0 Å². The Labute approximate surface area is 67.8 Å². The molecule has 0 saturated heterocycles. The maximum Gasteiger partial charge on any atom is 0.113 e. The average molecular weight is 154 g/mol. The monoisotopic (exact) mass is 154 g/mol. The summed E-state index contributed by atoms with van der Waals surface area (Å²) >= 11 is 0. The van der Waals surface area contributed by atoms with Crippen molar-refractivity contribution in [1.29, 1.82) is 0 Å². The van der Waals surface area contributed by atoms with E-state index in [2.05, 4.69) is 13.2 Å². The molecule has 0 aliphatic heterocycles. The van der Waals surface area contributed by atoms with Crippen LogP contribution >= 0.6 is 0 Å². The molecule has 0 spiro atoms. The number of hydrogen-bond acceptors (Lipinski definition) is 0. The molecule has 0 N–H and O–H groups in total. The first-order chi connectivity index (χ1) is 5.09. The zero-order valence-electron chi connectivity index (χ0n) is 7.18. The second kappa shape index (κ2) is 2.80. The number of rotatable bonds is 3. The fourth-order valence-corrected chi connectivity index (χ4v) is 1.43. The molecule has 1 rings (SSSR count). The normalized spacial score (nSPS) is 34.6. The van der Waals surface area contributed by atoms with E-state index in [0.717, 1.165) is 5.57 Å². The Balaban J connectivity index is 2.50. The summed E-state index contributed by atoms with van der Waals surface area (Å²) in [7, 11) is 0. The van der Waals surface area contributed by atoms with Crippen molar-refractivity contribution in [1.82, 2.24) is 0 Å². The fourth-order valence-electron chi connectivity index (χ4n) is 1.43. The zero-order valence-corrected chi connectivity index (χ0v) is 7.18. The summed E-state index contributed by atoms with van der Waals surface area (Å²) in [4.78, 5) is 0. The number of alkyl halides is 1. The molecule has 62 valence electrons. The van der Waals surface area contributed by atoms with E-state index in [1.165, 1.54) is 0 Å². The first-order valence-corrected chi connectivity index (χ1v) is 4.05. The van der Waals surface area contributed by atoms with Crippen LogP contribution in [0.4, 0.5) is 4.39 Å². The van der Waals surface area contributed by atoms with Gasteiger partial charge in [0.15, 0.2) is 0 Å². The summed E-state index contributed by atoms with van der Waals surface area (Å²) in [5.41, 5.74) is 1.06. The van der Waals surface area contributed by atoms with E-state index in [9.17, 15) is 4.39 Å². The summed E-state index contributed by atoms with van der Waals surface area (Å²) in [5.74, 6) is 0.442. The van der Waals surface area contributed by atoms with E-state index in [1.807, 2.05) is 13.8 Å². The van der Waals surface area contributed by atoms with Gasteiger partial charge in [0, 0.05) is 11.8 Å². The van der Waals surface area contributed by atoms with Gasteiger partial charge in [-0.2, -0.15) is 0 Å². The van der Waals surface area contributed by atoms with Crippen LogP contribution in [0.2, 0.25) is 0 Å². The predicted octanol–water partition coefficient (Wildman–Crippen LogP) is 2.97. The molecule has 11 heavy (non-hydrogen) atoms. The smallest absolute Gasteiger partial charge is 0.113 e. The van der Waals surface area contributed by atoms with Crippen LogP contribution in [0, 0.1) is 17.8 Å². The summed E-state index contributed by atoms with van der Waals surface area (Å²) in [6.07, 6.45) is 0.901. The predicted molar refractivity (Wildman–Crippen MR) is 46.1 cm³/mol. The van der Waals surface area contributed by atoms with Gasteiger partial charge in [0.1, 0.15) is 6.17 Å². The van der Waals surface area contributed by atoms with Crippen LogP contribution < -0.4 is 0 Å². The Morgan fingerprint density at radius 2 is 2.09 bits per heavy atom. The average Bonchev–Trinajstić information content (AvgIpc) is 2.57. The van der Waals surface area contributed by atoms with Gasteiger partial charge in [0.2, 0.25) is 0 Å². The molecule has 1 aliphatic carbocycles. The van der Waals surface area contributed by atoms with Crippen molar-refractivity contribution >= 4 is 0 Å². The molecule has 0 amide bonds. The van der Waals surface area contributed by atoms with Gasteiger partial charge < -0.3 is 0 Å². The lowest BCUT2D eigenvalue weighted by Crippen LogP contribution is -2.13. The summed E-state index contributed by atoms with van der Waals surface area (Å²) in [6, 6.07) is 0. The van der Waals surface area contributed by atoms with E-state index in [-0.39, 0.29) is 11.8 Å². The highest BCUT2D eigenvalue weighted by Crippen LogP contribution is 2.49. The maximum atomic E-state index is 13.4. The van der Waals surface area contributed by atoms with Gasteiger partial charge in [0.25, 0.3) is 0 Å². The van der Waals surface area contributed by atoms with Crippen molar-refractivity contribution in [3.63, 3.8) is 0 Å². The van der Waals surface area contributed by atoms with Crippen LogP contribution in [-0.2, 0) is 0 Å². The van der Waals surface area contributed by atoms with Crippen molar-refractivity contribution in [3.05, 3.63) is 24.8 Å². The first kappa shape index (κ1) is 8.51. The zero-order chi connectivity index (χ0) is 8.59. The number of hydrogen-bond donors (Lipinski definition) is 0. The maximum absolute atomic E-state index is 13.4. The van der Waals surface area contributed by atoms with E-state index in [0.29, 0.717) is 5.92 Å². The van der Waals surface area contributed by atoms with Crippen molar-refractivity contribution in [3.8, 4) is 0 Å². The quantitative estimate of drug-likeness (QED) is 0.548. The molecule has 0 nitrogen and oxygen atoms in total. The highest BCUT2D eigenvalue weighted by atomic mass is 19.1. The molecule has 1 heteroatoms. The molecule has 0 radical (unpaired) electrons. The summed E-state index contributed by atoms with van der Waals surface area (Å²) in [6.45, 7) is 11.2. The molecule has 1 fully saturated rings. The summed E-state index contributed by atoms with van der Waals surface area (Å²) in [5, 5.41) is 0. The first-order valence-electron chi connectivity index (χ1n) is 4.05. The van der Waals surface area contributed by atoms with E-state index < -0.39 is 6.17 Å². The van der Waals surface area contributed by atoms with Gasteiger partial charge in [-0.05, 0) is 5.92 Å². The van der Waals surface area contributed by atoms with Gasteiger partial charge in [-0.1, -0.05) is 32.1 Å². The third kappa shape index (κ3) is 1.37. The van der Waals surface area contributed by atoms with Gasteiger partial charge in [-0.3, -0.25) is 0 Å². The molecule has 0 heterocycles. The van der Waals surface area contributed by atoms with Crippen LogP contribution in [0.5, 0.6) is 0 Å². The lowest BCUT2D eigenvalue weighted by atomic mass is 10.0. The van der Waals surface area contributed by atoms with Gasteiger partial charge in [-0.25, -0.2) is 4.39 Å². The Morgan fingerprint density at radius 3 is 2.36 bits per heavy atom. The topological polar surface area (TPSA) is 0 Å². The Bertz CT molecular complexity index is 183. The molecule has 1 saturated carbocycles. The number of halogens is 1. The number of allylic oxidation sites excluding steroid dienone is 2. The molecule has 0 aromatic rings. The van der Waals surface area contributed by atoms with Crippen LogP contribution in [0.1, 0.15) is 13.8 Å². The van der Waals surface area contributed by atoms with Gasteiger partial charge in [0.05, 0.1) is 0 Å². The molecular formula is C10H15F. The van der Waals surface area contributed by atoms with Crippen LogP contribution in [0.15, 0.2) is 24.8 Å². The second-order valence-corrected chi connectivity index (χ2v) is 3.43. The van der Waals surface area contributed by atoms with E-state index in [1.54, 1.807) is 6.08 Å². The molecule has 0 aromatic heterocycles. The van der Waals surface area contributed by atoms with Crippen LogP contribution in [-0.4, -0.2) is 6.17 Å². The van der Waals surface area contributed by atoms with Crippen molar-refractivity contribution in [2.24, 2.45) is 17.8 Å². The molecular weight excluding hydrogens is 139 g/mol. The highest BCUT2D eigenvalue weighted by Gasteiger charge is 2.45. The fraction of sp³-hybridized carbons (Fsp3) is 0.600. The van der Waals surface area contributed by atoms with E-state index >= 15 is 0 Å². The third-order valence-corrected chi connectivity index (χ3v) is 2.66. The van der Waals surface area contributed by atoms with Crippen molar-refractivity contribution < 1.29 is 4.39 Å². The van der Waals surface area contributed by atoms with Gasteiger partial charge >= 0.3 is 0 Å². The minimum Gasteiger partial charge on any atom is -0.246 e. The molecule has 0 aromatic carbocycles. The largest absolute Gasteiger partial charge is 0.246 e. The molecule has 1 aliphatic rings. The highest BCUT2D eigenvalue weighted by molar-refractivity contribution is 5.27. The molecule has 4 unspecified atom stereocenters. The SMILES string of the molecule is C=CC(C)C(F)C1C(=C)C1C. The van der Waals surface area contributed by atoms with Crippen LogP contribution in [0.25, 0.3) is 0 Å². The van der Waals surface area contributed by atoms with Crippen molar-refractivity contribution in [2.75, 3.05) is 0 Å². The minimum atomic E-state index is -0.769.